The average Bonchev–Trinajstić information content (AvgIpc) is 2.76. The summed E-state index contributed by atoms with van der Waals surface area (Å²) in [7, 11) is 1.90. The Morgan fingerprint density at radius 1 is 1.44 bits per heavy atom. The van der Waals surface area contributed by atoms with Gasteiger partial charge in [0, 0.05) is 12.1 Å². The second-order valence-electron chi connectivity index (χ2n) is 4.23. The zero-order chi connectivity index (χ0) is 13.1. The largest absolute Gasteiger partial charge is 0.305 e. The minimum Gasteiger partial charge on any atom is -0.305 e. The summed E-state index contributed by atoms with van der Waals surface area (Å²) in [4.78, 5) is 0. The number of hydrogen-bond acceptors (Lipinski definition) is 3. The molecule has 1 unspecified atom stereocenters. The maximum atomic E-state index is 6.19. The summed E-state index contributed by atoms with van der Waals surface area (Å²) in [6.45, 7) is 4.98. The smallest absolute Gasteiger partial charge is 0.0798 e. The Kier molecular flexibility index (Phi) is 3.99. The number of aryl methyl sites for hydroxylation is 1. The SMILES string of the molecule is CCNC(c1cccc(Cl)c1C)c1cnnn1C. The highest BCUT2D eigenvalue weighted by Gasteiger charge is 2.19. The molecule has 5 heteroatoms. The second kappa shape index (κ2) is 5.50. The van der Waals surface area contributed by atoms with Crippen LogP contribution in [0.5, 0.6) is 0 Å². The number of halogens is 1. The van der Waals surface area contributed by atoms with Crippen LogP contribution in [0.25, 0.3) is 0 Å². The van der Waals surface area contributed by atoms with Crippen molar-refractivity contribution >= 4 is 11.6 Å². The Labute approximate surface area is 112 Å². The summed E-state index contributed by atoms with van der Waals surface area (Å²) in [6.07, 6.45) is 1.79. The van der Waals surface area contributed by atoms with Crippen LogP contribution in [-0.4, -0.2) is 21.5 Å². The molecule has 4 nitrogen and oxygen atoms in total. The predicted octanol–water partition coefficient (Wildman–Crippen LogP) is 2.48. The van der Waals surface area contributed by atoms with Gasteiger partial charge < -0.3 is 5.32 Å². The molecule has 0 aliphatic heterocycles. The van der Waals surface area contributed by atoms with Gasteiger partial charge in [0.25, 0.3) is 0 Å². The van der Waals surface area contributed by atoms with E-state index in [2.05, 4.69) is 28.6 Å². The van der Waals surface area contributed by atoms with Gasteiger partial charge in [-0.3, -0.25) is 4.68 Å². The summed E-state index contributed by atoms with van der Waals surface area (Å²) in [6, 6.07) is 6.03. The molecule has 0 fully saturated rings. The van der Waals surface area contributed by atoms with Crippen LogP contribution in [0.4, 0.5) is 0 Å². The van der Waals surface area contributed by atoms with Crippen molar-refractivity contribution in [3.63, 3.8) is 0 Å². The van der Waals surface area contributed by atoms with Crippen LogP contribution in [0.1, 0.15) is 29.8 Å². The minimum absolute atomic E-state index is 0.0636. The van der Waals surface area contributed by atoms with Crippen LogP contribution in [0.3, 0.4) is 0 Å². The molecule has 1 atom stereocenters. The molecule has 18 heavy (non-hydrogen) atoms. The van der Waals surface area contributed by atoms with Gasteiger partial charge in [-0.1, -0.05) is 35.9 Å². The molecule has 0 saturated carbocycles. The van der Waals surface area contributed by atoms with Gasteiger partial charge in [-0.2, -0.15) is 0 Å². The summed E-state index contributed by atoms with van der Waals surface area (Å²) in [5.74, 6) is 0. The molecule has 0 bridgehead atoms. The predicted molar refractivity (Wildman–Crippen MR) is 72.7 cm³/mol. The zero-order valence-electron chi connectivity index (χ0n) is 10.8. The first kappa shape index (κ1) is 13.1. The topological polar surface area (TPSA) is 42.7 Å². The van der Waals surface area contributed by atoms with E-state index in [0.717, 1.165) is 28.4 Å². The highest BCUT2D eigenvalue weighted by atomic mass is 35.5. The standard InChI is InChI=1S/C13H17ClN4/c1-4-15-13(12-8-16-17-18(12)3)10-6-5-7-11(14)9(10)2/h5-8,13,15H,4H2,1-3H3. The lowest BCUT2D eigenvalue weighted by atomic mass is 9.99. The van der Waals surface area contributed by atoms with E-state index in [4.69, 9.17) is 11.6 Å². The van der Waals surface area contributed by atoms with Gasteiger partial charge in [0.2, 0.25) is 0 Å². The van der Waals surface area contributed by atoms with Gasteiger partial charge in [0.05, 0.1) is 17.9 Å². The monoisotopic (exact) mass is 264 g/mol. The fourth-order valence-electron chi connectivity index (χ4n) is 2.07. The van der Waals surface area contributed by atoms with E-state index in [-0.39, 0.29) is 6.04 Å². The molecule has 1 aromatic carbocycles. The van der Waals surface area contributed by atoms with Gasteiger partial charge in [0.1, 0.15) is 0 Å². The molecule has 0 saturated heterocycles. The third kappa shape index (κ3) is 2.40. The van der Waals surface area contributed by atoms with Crippen molar-refractivity contribution in [1.82, 2.24) is 20.3 Å². The van der Waals surface area contributed by atoms with E-state index in [0.29, 0.717) is 0 Å². The van der Waals surface area contributed by atoms with Gasteiger partial charge in [0.15, 0.2) is 0 Å². The van der Waals surface area contributed by atoms with E-state index < -0.39 is 0 Å². The third-order valence-electron chi connectivity index (χ3n) is 3.07. The first-order valence-electron chi connectivity index (χ1n) is 5.98. The van der Waals surface area contributed by atoms with Crippen molar-refractivity contribution in [2.45, 2.75) is 19.9 Å². The van der Waals surface area contributed by atoms with Crippen molar-refractivity contribution < 1.29 is 0 Å². The molecule has 0 aliphatic carbocycles. The van der Waals surface area contributed by atoms with Crippen molar-refractivity contribution in [3.8, 4) is 0 Å². The molecule has 1 aromatic heterocycles. The second-order valence-corrected chi connectivity index (χ2v) is 4.63. The Balaban J connectivity index is 2.48. The first-order chi connectivity index (χ1) is 8.65. The Bertz CT molecular complexity index is 536. The van der Waals surface area contributed by atoms with E-state index in [1.165, 1.54) is 0 Å². The van der Waals surface area contributed by atoms with Crippen molar-refractivity contribution in [3.05, 3.63) is 46.2 Å². The van der Waals surface area contributed by atoms with E-state index in [1.54, 1.807) is 10.9 Å². The number of nitrogens with one attached hydrogen (secondary N) is 1. The van der Waals surface area contributed by atoms with Crippen LogP contribution in [0, 0.1) is 6.92 Å². The van der Waals surface area contributed by atoms with Crippen molar-refractivity contribution in [2.24, 2.45) is 7.05 Å². The molecular weight excluding hydrogens is 248 g/mol. The first-order valence-corrected chi connectivity index (χ1v) is 6.36. The molecule has 1 N–H and O–H groups in total. The molecular formula is C13H17ClN4. The molecule has 0 aliphatic rings. The summed E-state index contributed by atoms with van der Waals surface area (Å²) in [5, 5.41) is 12.2. The quantitative estimate of drug-likeness (QED) is 0.923. The normalized spacial score (nSPS) is 12.7. The van der Waals surface area contributed by atoms with Crippen LogP contribution >= 0.6 is 11.6 Å². The van der Waals surface area contributed by atoms with E-state index in [9.17, 15) is 0 Å². The van der Waals surface area contributed by atoms with Crippen LogP contribution < -0.4 is 5.32 Å². The maximum Gasteiger partial charge on any atom is 0.0798 e. The highest BCUT2D eigenvalue weighted by molar-refractivity contribution is 6.31. The van der Waals surface area contributed by atoms with Crippen LogP contribution in [-0.2, 0) is 7.05 Å². The fourth-order valence-corrected chi connectivity index (χ4v) is 2.26. The van der Waals surface area contributed by atoms with Crippen molar-refractivity contribution in [1.29, 1.82) is 0 Å². The number of aromatic nitrogens is 3. The van der Waals surface area contributed by atoms with Gasteiger partial charge in [-0.15, -0.1) is 5.10 Å². The van der Waals surface area contributed by atoms with Gasteiger partial charge >= 0.3 is 0 Å². The van der Waals surface area contributed by atoms with E-state index >= 15 is 0 Å². The van der Waals surface area contributed by atoms with E-state index in [1.807, 2.05) is 26.1 Å². The summed E-state index contributed by atoms with van der Waals surface area (Å²) >= 11 is 6.19. The molecule has 0 amide bonds. The average molecular weight is 265 g/mol. The van der Waals surface area contributed by atoms with Gasteiger partial charge in [-0.25, -0.2) is 0 Å². The molecule has 96 valence electrons. The maximum absolute atomic E-state index is 6.19. The number of benzene rings is 1. The Morgan fingerprint density at radius 3 is 2.83 bits per heavy atom. The lowest BCUT2D eigenvalue weighted by Crippen LogP contribution is -2.25. The van der Waals surface area contributed by atoms with Gasteiger partial charge in [-0.05, 0) is 30.7 Å². The molecule has 1 heterocycles. The third-order valence-corrected chi connectivity index (χ3v) is 3.48. The summed E-state index contributed by atoms with van der Waals surface area (Å²) < 4.78 is 1.79. The lowest BCUT2D eigenvalue weighted by molar-refractivity contribution is 0.566. The highest BCUT2D eigenvalue weighted by Crippen LogP contribution is 2.28. The summed E-state index contributed by atoms with van der Waals surface area (Å²) in [5.41, 5.74) is 3.28. The van der Waals surface area contributed by atoms with Crippen molar-refractivity contribution in [2.75, 3.05) is 6.54 Å². The zero-order valence-corrected chi connectivity index (χ0v) is 11.6. The Hall–Kier alpha value is -1.39. The minimum atomic E-state index is 0.0636. The Morgan fingerprint density at radius 2 is 2.22 bits per heavy atom. The molecule has 0 radical (unpaired) electrons. The number of hydrogen-bond donors (Lipinski definition) is 1. The molecule has 2 aromatic rings. The number of nitrogens with zero attached hydrogens (tertiary/aromatic N) is 3. The van der Waals surface area contributed by atoms with Crippen LogP contribution in [0.15, 0.2) is 24.4 Å². The lowest BCUT2D eigenvalue weighted by Gasteiger charge is -2.20. The fraction of sp³-hybridized carbons (Fsp3) is 0.385. The van der Waals surface area contributed by atoms with Crippen LogP contribution in [0.2, 0.25) is 5.02 Å². The number of rotatable bonds is 4. The molecule has 0 spiro atoms. The molecule has 2 rings (SSSR count).